The summed E-state index contributed by atoms with van der Waals surface area (Å²) >= 11 is 5.89. The first kappa shape index (κ1) is 13.3. The molecule has 0 radical (unpaired) electrons. The first-order valence-electron chi connectivity index (χ1n) is 5.32. The van der Waals surface area contributed by atoms with E-state index in [-0.39, 0.29) is 11.9 Å². The molecule has 0 saturated carbocycles. The lowest BCUT2D eigenvalue weighted by atomic mass is 10.2. The van der Waals surface area contributed by atoms with Gasteiger partial charge in [0.25, 0.3) is 0 Å². The predicted molar refractivity (Wildman–Crippen MR) is 67.9 cm³/mol. The largest absolute Gasteiger partial charge is 0.374 e. The molecular weight excluding hydrogens is 238 g/mol. The molecular formula is C12H14ClN3O. The lowest BCUT2D eigenvalue weighted by Crippen LogP contribution is -2.37. The summed E-state index contributed by atoms with van der Waals surface area (Å²) in [5.74, 6) is -0.0759. The summed E-state index contributed by atoms with van der Waals surface area (Å²) in [6.45, 7) is 4.22. The van der Waals surface area contributed by atoms with Crippen molar-refractivity contribution in [1.29, 1.82) is 5.26 Å². The fraction of sp³-hybridized carbons (Fsp3) is 0.333. The van der Waals surface area contributed by atoms with Gasteiger partial charge in [-0.15, -0.1) is 0 Å². The monoisotopic (exact) mass is 251 g/mol. The van der Waals surface area contributed by atoms with Crippen molar-refractivity contribution in [2.24, 2.45) is 0 Å². The number of amides is 1. The minimum absolute atomic E-state index is 0.0759. The topological polar surface area (TPSA) is 64.9 Å². The molecule has 0 heterocycles. The zero-order chi connectivity index (χ0) is 12.8. The highest BCUT2D eigenvalue weighted by atomic mass is 35.5. The molecule has 1 atom stereocenters. The molecule has 4 nitrogen and oxygen atoms in total. The summed E-state index contributed by atoms with van der Waals surface area (Å²) in [6.07, 6.45) is 0. The Morgan fingerprint density at radius 3 is 2.82 bits per heavy atom. The Bertz CT molecular complexity index is 454. The summed E-state index contributed by atoms with van der Waals surface area (Å²) < 4.78 is 0. The maximum absolute atomic E-state index is 11.5. The van der Waals surface area contributed by atoms with Crippen LogP contribution in [-0.4, -0.2) is 18.5 Å². The van der Waals surface area contributed by atoms with Gasteiger partial charge in [0, 0.05) is 12.2 Å². The average Bonchev–Trinajstić information content (AvgIpc) is 2.29. The molecule has 1 rings (SSSR count). The Morgan fingerprint density at radius 1 is 1.59 bits per heavy atom. The zero-order valence-corrected chi connectivity index (χ0v) is 10.5. The number of benzene rings is 1. The van der Waals surface area contributed by atoms with E-state index in [2.05, 4.69) is 10.6 Å². The highest BCUT2D eigenvalue weighted by Gasteiger charge is 2.11. The minimum atomic E-state index is -0.348. The summed E-state index contributed by atoms with van der Waals surface area (Å²) in [5.41, 5.74) is 1.13. The number of nitrogens with zero attached hydrogens (tertiary/aromatic N) is 1. The van der Waals surface area contributed by atoms with Crippen molar-refractivity contribution in [1.82, 2.24) is 5.32 Å². The maximum Gasteiger partial charge on any atom is 0.242 e. The van der Waals surface area contributed by atoms with E-state index >= 15 is 0 Å². The molecule has 0 spiro atoms. The van der Waals surface area contributed by atoms with Crippen LogP contribution in [0.25, 0.3) is 0 Å². The molecule has 5 heteroatoms. The number of nitriles is 1. The SMILES string of the molecule is CCNC(=O)C(C)Nc1ccc(C#N)c(Cl)c1. The van der Waals surface area contributed by atoms with Crippen LogP contribution in [0, 0.1) is 11.3 Å². The number of likely N-dealkylation sites (N-methyl/N-ethyl adjacent to an activating group) is 1. The third-order valence-electron chi connectivity index (χ3n) is 2.22. The van der Waals surface area contributed by atoms with Gasteiger partial charge in [-0.1, -0.05) is 11.6 Å². The van der Waals surface area contributed by atoms with Gasteiger partial charge in [0.05, 0.1) is 10.6 Å². The Hall–Kier alpha value is -1.73. The third kappa shape index (κ3) is 3.65. The van der Waals surface area contributed by atoms with Crippen molar-refractivity contribution < 1.29 is 4.79 Å². The first-order valence-corrected chi connectivity index (χ1v) is 5.70. The molecule has 0 saturated heterocycles. The maximum atomic E-state index is 11.5. The van der Waals surface area contributed by atoms with Gasteiger partial charge in [-0.3, -0.25) is 4.79 Å². The molecule has 0 aliphatic rings. The lowest BCUT2D eigenvalue weighted by Gasteiger charge is -2.14. The van der Waals surface area contributed by atoms with Crippen molar-refractivity contribution in [3.63, 3.8) is 0 Å². The quantitative estimate of drug-likeness (QED) is 0.862. The summed E-state index contributed by atoms with van der Waals surface area (Å²) in [7, 11) is 0. The molecule has 0 fully saturated rings. The molecule has 0 aliphatic heterocycles. The minimum Gasteiger partial charge on any atom is -0.374 e. The molecule has 0 aliphatic carbocycles. The second kappa shape index (κ2) is 6.12. The number of hydrogen-bond donors (Lipinski definition) is 2. The molecule has 1 amide bonds. The Labute approximate surface area is 106 Å². The van der Waals surface area contributed by atoms with E-state index in [9.17, 15) is 4.79 Å². The van der Waals surface area contributed by atoms with Gasteiger partial charge >= 0.3 is 0 Å². The molecule has 90 valence electrons. The number of halogens is 1. The van der Waals surface area contributed by atoms with Crippen molar-refractivity contribution in [3.05, 3.63) is 28.8 Å². The molecule has 17 heavy (non-hydrogen) atoms. The van der Waals surface area contributed by atoms with E-state index in [0.717, 1.165) is 0 Å². The number of rotatable bonds is 4. The molecule has 1 aromatic rings. The number of anilines is 1. The average molecular weight is 252 g/mol. The molecule has 0 bridgehead atoms. The Balaban J connectivity index is 2.73. The van der Waals surface area contributed by atoms with Gasteiger partial charge in [-0.05, 0) is 32.0 Å². The van der Waals surface area contributed by atoms with Gasteiger partial charge < -0.3 is 10.6 Å². The van der Waals surface area contributed by atoms with E-state index in [1.807, 2.05) is 13.0 Å². The first-order chi connectivity index (χ1) is 8.08. The Kier molecular flexibility index (Phi) is 4.80. The van der Waals surface area contributed by atoms with Crippen molar-refractivity contribution >= 4 is 23.2 Å². The van der Waals surface area contributed by atoms with Crippen molar-refractivity contribution in [3.8, 4) is 6.07 Å². The third-order valence-corrected chi connectivity index (χ3v) is 2.53. The normalized spacial score (nSPS) is 11.4. The van der Waals surface area contributed by atoms with Crippen LogP contribution in [0.2, 0.25) is 5.02 Å². The smallest absolute Gasteiger partial charge is 0.242 e. The second-order valence-corrected chi connectivity index (χ2v) is 3.97. The predicted octanol–water partition coefficient (Wildman–Crippen LogP) is 2.15. The summed E-state index contributed by atoms with van der Waals surface area (Å²) in [5, 5.41) is 14.8. The molecule has 1 aromatic carbocycles. The van der Waals surface area contributed by atoms with Gasteiger partial charge in [0.15, 0.2) is 0 Å². The zero-order valence-electron chi connectivity index (χ0n) is 9.75. The molecule has 1 unspecified atom stereocenters. The lowest BCUT2D eigenvalue weighted by molar-refractivity contribution is -0.121. The number of hydrogen-bond acceptors (Lipinski definition) is 3. The highest BCUT2D eigenvalue weighted by Crippen LogP contribution is 2.20. The van der Waals surface area contributed by atoms with E-state index in [1.165, 1.54) is 0 Å². The Morgan fingerprint density at radius 2 is 2.29 bits per heavy atom. The van der Waals surface area contributed by atoms with Crippen molar-refractivity contribution in [2.45, 2.75) is 19.9 Å². The van der Waals surface area contributed by atoms with Crippen LogP contribution >= 0.6 is 11.6 Å². The van der Waals surface area contributed by atoms with Crippen LogP contribution in [0.3, 0.4) is 0 Å². The van der Waals surface area contributed by atoms with Crippen LogP contribution in [-0.2, 0) is 4.79 Å². The number of carbonyl (C=O) groups excluding carboxylic acids is 1. The van der Waals surface area contributed by atoms with Gasteiger partial charge in [0.2, 0.25) is 5.91 Å². The van der Waals surface area contributed by atoms with Crippen LogP contribution in [0.15, 0.2) is 18.2 Å². The van der Waals surface area contributed by atoms with Gasteiger partial charge in [-0.25, -0.2) is 0 Å². The standard InChI is InChI=1S/C12H14ClN3O/c1-3-15-12(17)8(2)16-10-5-4-9(7-14)11(13)6-10/h4-6,8,16H,3H2,1-2H3,(H,15,17). The number of nitrogens with one attached hydrogen (secondary N) is 2. The van der Waals surface area contributed by atoms with E-state index in [1.54, 1.807) is 25.1 Å². The van der Waals surface area contributed by atoms with E-state index in [4.69, 9.17) is 16.9 Å². The fourth-order valence-corrected chi connectivity index (χ4v) is 1.56. The van der Waals surface area contributed by atoms with Crippen LogP contribution in [0.4, 0.5) is 5.69 Å². The summed E-state index contributed by atoms with van der Waals surface area (Å²) in [4.78, 5) is 11.5. The van der Waals surface area contributed by atoms with Crippen LogP contribution in [0.1, 0.15) is 19.4 Å². The highest BCUT2D eigenvalue weighted by molar-refractivity contribution is 6.32. The second-order valence-electron chi connectivity index (χ2n) is 3.57. The molecule has 2 N–H and O–H groups in total. The van der Waals surface area contributed by atoms with Gasteiger partial charge in [-0.2, -0.15) is 5.26 Å². The fourth-order valence-electron chi connectivity index (χ4n) is 1.34. The van der Waals surface area contributed by atoms with Crippen LogP contribution in [0.5, 0.6) is 0 Å². The van der Waals surface area contributed by atoms with E-state index < -0.39 is 0 Å². The summed E-state index contributed by atoms with van der Waals surface area (Å²) in [6, 6.07) is 6.61. The molecule has 0 aromatic heterocycles. The van der Waals surface area contributed by atoms with Crippen LogP contribution < -0.4 is 10.6 Å². The van der Waals surface area contributed by atoms with Gasteiger partial charge in [0.1, 0.15) is 12.1 Å². The van der Waals surface area contributed by atoms with Crippen molar-refractivity contribution in [2.75, 3.05) is 11.9 Å². The number of carbonyl (C=O) groups is 1. The van der Waals surface area contributed by atoms with E-state index in [0.29, 0.717) is 22.8 Å².